The van der Waals surface area contributed by atoms with Crippen LogP contribution in [-0.4, -0.2) is 29.1 Å². The van der Waals surface area contributed by atoms with Gasteiger partial charge in [0.25, 0.3) is 5.91 Å². The van der Waals surface area contributed by atoms with Crippen molar-refractivity contribution < 1.29 is 14.6 Å². The molecular formula is C18H19NO3S2. The maximum Gasteiger partial charge on any atom is 0.262 e. The van der Waals surface area contributed by atoms with Crippen LogP contribution in [0.4, 0.5) is 5.69 Å². The minimum atomic E-state index is -0.307. The van der Waals surface area contributed by atoms with Gasteiger partial charge >= 0.3 is 0 Å². The topological polar surface area (TPSA) is 58.6 Å². The van der Waals surface area contributed by atoms with E-state index in [1.807, 2.05) is 35.7 Å². The minimum Gasteiger partial charge on any atom is -0.506 e. The van der Waals surface area contributed by atoms with Gasteiger partial charge in [-0.2, -0.15) is 0 Å². The first-order valence-electron chi connectivity index (χ1n) is 7.76. The summed E-state index contributed by atoms with van der Waals surface area (Å²) in [6.07, 6.45) is 1.28. The second-order valence-electron chi connectivity index (χ2n) is 5.35. The van der Waals surface area contributed by atoms with Crippen LogP contribution >= 0.6 is 23.5 Å². The van der Waals surface area contributed by atoms with Crippen molar-refractivity contribution in [3.05, 3.63) is 54.1 Å². The number of para-hydroxylation sites is 2. The molecule has 126 valence electrons. The van der Waals surface area contributed by atoms with E-state index in [1.54, 1.807) is 18.2 Å². The highest BCUT2D eigenvalue weighted by Gasteiger charge is 2.16. The zero-order valence-electron chi connectivity index (χ0n) is 13.1. The van der Waals surface area contributed by atoms with Crippen molar-refractivity contribution in [1.82, 2.24) is 0 Å². The molecule has 0 aliphatic carbocycles. The molecule has 1 amide bonds. The van der Waals surface area contributed by atoms with Gasteiger partial charge in [0.2, 0.25) is 0 Å². The van der Waals surface area contributed by atoms with Gasteiger partial charge in [-0.05, 0) is 47.8 Å². The zero-order valence-corrected chi connectivity index (χ0v) is 14.7. The number of carbonyl (C=O) groups excluding carboxylic acids is 1. The molecule has 0 aromatic heterocycles. The van der Waals surface area contributed by atoms with E-state index in [1.165, 1.54) is 29.6 Å². The number of anilines is 1. The first kappa shape index (κ1) is 17.0. The third-order valence-corrected chi connectivity index (χ3v) is 6.54. The summed E-state index contributed by atoms with van der Waals surface area (Å²) in [6.45, 7) is -0.0966. The van der Waals surface area contributed by atoms with E-state index in [2.05, 4.69) is 17.4 Å². The van der Waals surface area contributed by atoms with Crippen molar-refractivity contribution in [1.29, 1.82) is 0 Å². The van der Waals surface area contributed by atoms with Crippen molar-refractivity contribution >= 4 is 35.1 Å². The highest BCUT2D eigenvalue weighted by Crippen LogP contribution is 2.43. The summed E-state index contributed by atoms with van der Waals surface area (Å²) >= 11 is 3.95. The summed E-state index contributed by atoms with van der Waals surface area (Å²) in [7, 11) is 0. The highest BCUT2D eigenvalue weighted by atomic mass is 32.2. The third-order valence-electron chi connectivity index (χ3n) is 3.53. The molecule has 0 atom stereocenters. The molecule has 1 heterocycles. The van der Waals surface area contributed by atoms with Crippen LogP contribution in [0, 0.1) is 0 Å². The fourth-order valence-electron chi connectivity index (χ4n) is 2.32. The van der Waals surface area contributed by atoms with Crippen molar-refractivity contribution in [3.8, 4) is 11.5 Å². The van der Waals surface area contributed by atoms with Crippen LogP contribution in [0.2, 0.25) is 0 Å². The maximum absolute atomic E-state index is 11.9. The summed E-state index contributed by atoms with van der Waals surface area (Å²) in [5, 5.41) is 12.3. The number of hydrogen-bond acceptors (Lipinski definition) is 5. The summed E-state index contributed by atoms with van der Waals surface area (Å²) in [5.74, 6) is 2.82. The number of amides is 1. The van der Waals surface area contributed by atoms with Crippen LogP contribution in [0.5, 0.6) is 11.5 Å². The summed E-state index contributed by atoms with van der Waals surface area (Å²) in [4.78, 5) is 11.9. The molecule has 2 N–H and O–H groups in total. The molecule has 0 unspecified atom stereocenters. The molecule has 1 aliphatic heterocycles. The maximum atomic E-state index is 11.9. The Bertz CT molecular complexity index is 685. The Hall–Kier alpha value is -1.79. The average Bonchev–Trinajstić information content (AvgIpc) is 2.63. The molecule has 0 bridgehead atoms. The fraction of sp³-hybridized carbons (Fsp3) is 0.278. The molecule has 3 rings (SSSR count). The van der Waals surface area contributed by atoms with Gasteiger partial charge in [-0.3, -0.25) is 4.79 Å². The van der Waals surface area contributed by atoms with Crippen LogP contribution in [0.15, 0.2) is 48.5 Å². The first-order chi connectivity index (χ1) is 11.7. The predicted octanol–water partition coefficient (Wildman–Crippen LogP) is 4.28. The Morgan fingerprint density at radius 1 is 1.12 bits per heavy atom. The van der Waals surface area contributed by atoms with E-state index in [9.17, 15) is 9.90 Å². The third kappa shape index (κ3) is 4.61. The fourth-order valence-corrected chi connectivity index (χ4v) is 5.21. The molecule has 0 saturated carbocycles. The molecule has 0 spiro atoms. The summed E-state index contributed by atoms with van der Waals surface area (Å²) in [5.41, 5.74) is 1.67. The molecule has 0 radical (unpaired) electrons. The lowest BCUT2D eigenvalue weighted by molar-refractivity contribution is -0.118. The number of thioether (sulfide) groups is 2. The minimum absolute atomic E-state index is 0.0395. The van der Waals surface area contributed by atoms with Crippen LogP contribution in [-0.2, 0) is 4.79 Å². The Morgan fingerprint density at radius 3 is 2.54 bits per heavy atom. The molecule has 2 aromatic rings. The molecule has 1 saturated heterocycles. The number of carbonyl (C=O) groups is 1. The van der Waals surface area contributed by atoms with E-state index in [0.29, 0.717) is 16.0 Å². The van der Waals surface area contributed by atoms with E-state index in [4.69, 9.17) is 4.74 Å². The van der Waals surface area contributed by atoms with Gasteiger partial charge in [-0.1, -0.05) is 24.3 Å². The van der Waals surface area contributed by atoms with E-state index in [0.717, 1.165) is 0 Å². The number of hydrogen-bond donors (Lipinski definition) is 2. The van der Waals surface area contributed by atoms with Gasteiger partial charge in [0.15, 0.2) is 6.61 Å². The Balaban J connectivity index is 1.51. The van der Waals surface area contributed by atoms with Crippen molar-refractivity contribution in [2.45, 2.75) is 11.0 Å². The van der Waals surface area contributed by atoms with Gasteiger partial charge < -0.3 is 15.2 Å². The Labute approximate surface area is 150 Å². The molecule has 2 aromatic carbocycles. The lowest BCUT2D eigenvalue weighted by Gasteiger charge is -2.21. The predicted molar refractivity (Wildman–Crippen MR) is 101 cm³/mol. The number of ether oxygens (including phenoxy) is 1. The quantitative estimate of drug-likeness (QED) is 0.779. The molecule has 4 nitrogen and oxygen atoms in total. The van der Waals surface area contributed by atoms with Crippen LogP contribution in [0.1, 0.15) is 16.6 Å². The van der Waals surface area contributed by atoms with E-state index < -0.39 is 0 Å². The van der Waals surface area contributed by atoms with Crippen LogP contribution in [0.3, 0.4) is 0 Å². The van der Waals surface area contributed by atoms with Crippen molar-refractivity contribution in [2.24, 2.45) is 0 Å². The monoisotopic (exact) mass is 361 g/mol. The van der Waals surface area contributed by atoms with Crippen LogP contribution in [0.25, 0.3) is 0 Å². The lowest BCUT2D eigenvalue weighted by Crippen LogP contribution is -2.20. The Kier molecular flexibility index (Phi) is 5.93. The van der Waals surface area contributed by atoms with Crippen molar-refractivity contribution in [2.75, 3.05) is 23.4 Å². The van der Waals surface area contributed by atoms with Crippen molar-refractivity contribution in [3.63, 3.8) is 0 Å². The lowest BCUT2D eigenvalue weighted by atomic mass is 10.2. The van der Waals surface area contributed by atoms with Gasteiger partial charge in [-0.25, -0.2) is 0 Å². The smallest absolute Gasteiger partial charge is 0.262 e. The van der Waals surface area contributed by atoms with Crippen LogP contribution < -0.4 is 10.1 Å². The number of rotatable bonds is 5. The zero-order chi connectivity index (χ0) is 16.8. The summed E-state index contributed by atoms with van der Waals surface area (Å²) < 4.78 is 6.01. The number of aromatic hydroxyl groups is 1. The van der Waals surface area contributed by atoms with Gasteiger partial charge in [0.1, 0.15) is 11.5 Å². The summed E-state index contributed by atoms with van der Waals surface area (Å²) in [6, 6.07) is 14.5. The van der Waals surface area contributed by atoms with E-state index >= 15 is 0 Å². The largest absolute Gasteiger partial charge is 0.506 e. The standard InChI is InChI=1S/C18H19NO3S2/c20-16-5-2-1-4-15(16)19-17(21)12-22-14-8-6-13(7-9-14)18-23-10-3-11-24-18/h1-2,4-9,18,20H,3,10-12H2,(H,19,21). The normalized spacial score (nSPS) is 15.0. The number of benzene rings is 2. The first-order valence-corrected chi connectivity index (χ1v) is 9.86. The average molecular weight is 361 g/mol. The van der Waals surface area contributed by atoms with Gasteiger partial charge in [0.05, 0.1) is 10.3 Å². The van der Waals surface area contributed by atoms with Gasteiger partial charge in [0, 0.05) is 0 Å². The highest BCUT2D eigenvalue weighted by molar-refractivity contribution is 8.16. The number of nitrogens with one attached hydrogen (secondary N) is 1. The molecule has 6 heteroatoms. The molecule has 1 fully saturated rings. The molecule has 1 aliphatic rings. The Morgan fingerprint density at radius 2 is 1.83 bits per heavy atom. The number of phenols is 1. The molecular weight excluding hydrogens is 342 g/mol. The second-order valence-corrected chi connectivity index (χ2v) is 8.07. The van der Waals surface area contributed by atoms with E-state index in [-0.39, 0.29) is 18.3 Å². The molecule has 24 heavy (non-hydrogen) atoms. The second kappa shape index (κ2) is 8.35. The van der Waals surface area contributed by atoms with Gasteiger partial charge in [-0.15, -0.1) is 23.5 Å². The number of phenolic OH excluding ortho intramolecular Hbond substituents is 1. The SMILES string of the molecule is O=C(COc1ccc(C2SCCCS2)cc1)Nc1ccccc1O.